The van der Waals surface area contributed by atoms with E-state index < -0.39 is 0 Å². The molecule has 0 fully saturated rings. The lowest BCUT2D eigenvalue weighted by molar-refractivity contribution is -0.102. The van der Waals surface area contributed by atoms with Crippen molar-refractivity contribution in [3.05, 3.63) is 35.9 Å². The number of hydrogen-bond donors (Lipinski definition) is 0. The molecule has 0 aliphatic heterocycles. The largest absolute Gasteiger partial charge is 0.456 e. The lowest BCUT2D eigenvalue weighted by Crippen LogP contribution is -2.42. The van der Waals surface area contributed by atoms with Crippen LogP contribution >= 0.6 is 11.6 Å². The van der Waals surface area contributed by atoms with Crippen LogP contribution in [0.2, 0.25) is 0 Å². The molecule has 0 N–H and O–H groups in total. The van der Waals surface area contributed by atoms with Crippen LogP contribution in [0.15, 0.2) is 30.3 Å². The molecule has 5 heteroatoms. The van der Waals surface area contributed by atoms with Gasteiger partial charge in [0.1, 0.15) is 12.2 Å². The van der Waals surface area contributed by atoms with Gasteiger partial charge in [0, 0.05) is 20.1 Å². The Bertz CT molecular complexity index is 410. The summed E-state index contributed by atoms with van der Waals surface area (Å²) in [7, 11) is 3.19. The zero-order valence-electron chi connectivity index (χ0n) is 12.8. The Kier molecular flexibility index (Phi) is 8.35. The van der Waals surface area contributed by atoms with E-state index in [-0.39, 0.29) is 24.3 Å². The molecule has 0 saturated carbocycles. The van der Waals surface area contributed by atoms with Crippen LogP contribution in [0.1, 0.15) is 30.1 Å². The lowest BCUT2D eigenvalue weighted by Gasteiger charge is -2.30. The summed E-state index contributed by atoms with van der Waals surface area (Å²) < 4.78 is 16.5. The monoisotopic (exact) mass is 314 g/mol. The van der Waals surface area contributed by atoms with E-state index in [1.165, 1.54) is 0 Å². The second kappa shape index (κ2) is 9.77. The fourth-order valence-corrected chi connectivity index (χ4v) is 2.44. The average Bonchev–Trinajstić information content (AvgIpc) is 2.54. The van der Waals surface area contributed by atoms with Gasteiger partial charge in [-0.3, -0.25) is 0 Å². The van der Waals surface area contributed by atoms with E-state index in [0.717, 1.165) is 0 Å². The second-order valence-electron chi connectivity index (χ2n) is 4.67. The minimum absolute atomic E-state index is 0.207. The number of benzene rings is 1. The highest BCUT2D eigenvalue weighted by atomic mass is 35.5. The van der Waals surface area contributed by atoms with Crippen LogP contribution in [0.5, 0.6) is 0 Å². The Hall–Kier alpha value is -1.10. The number of halogens is 1. The quantitative estimate of drug-likeness (QED) is 0.518. The molecule has 3 atom stereocenters. The highest BCUT2D eigenvalue weighted by Gasteiger charge is 2.31. The number of hydrogen-bond acceptors (Lipinski definition) is 4. The summed E-state index contributed by atoms with van der Waals surface area (Å²) in [6, 6.07) is 8.91. The van der Waals surface area contributed by atoms with Gasteiger partial charge in [0.05, 0.1) is 11.7 Å². The number of alkyl halides is 1. The number of carbonyl (C=O) groups is 1. The smallest absolute Gasteiger partial charge is 0.338 e. The topological polar surface area (TPSA) is 44.8 Å². The van der Waals surface area contributed by atoms with Gasteiger partial charge in [-0.05, 0) is 25.0 Å². The van der Waals surface area contributed by atoms with E-state index in [1.54, 1.807) is 38.5 Å². The molecule has 1 rings (SSSR count). The van der Waals surface area contributed by atoms with Crippen LogP contribution < -0.4 is 0 Å². The molecule has 0 heterocycles. The molecule has 0 amide bonds. The molecular formula is C16H23ClO4. The van der Waals surface area contributed by atoms with Crippen molar-refractivity contribution in [1.82, 2.24) is 0 Å². The Morgan fingerprint density at radius 2 is 1.81 bits per heavy atom. The van der Waals surface area contributed by atoms with E-state index in [9.17, 15) is 4.79 Å². The van der Waals surface area contributed by atoms with Gasteiger partial charge in [0.2, 0.25) is 0 Å². The SMILES string of the molecule is CC[C@@H](OC(=O)c1ccccc1)C(OC)C(CCCl)OC. The predicted octanol–water partition coefficient (Wildman–Crippen LogP) is 3.28. The molecule has 0 aliphatic rings. The fraction of sp³-hybridized carbons (Fsp3) is 0.562. The third-order valence-corrected chi connectivity index (χ3v) is 3.59. The molecule has 4 nitrogen and oxygen atoms in total. The molecule has 0 aliphatic carbocycles. The number of ether oxygens (including phenoxy) is 3. The highest BCUT2D eigenvalue weighted by molar-refractivity contribution is 6.17. The Morgan fingerprint density at radius 1 is 1.14 bits per heavy atom. The standard InChI is InChI=1S/C16H23ClO4/c1-4-13(15(20-3)14(19-2)10-11-17)21-16(18)12-8-6-5-7-9-12/h5-9,13-15H,4,10-11H2,1-3H3/t13-,14?,15?/m1/s1. The van der Waals surface area contributed by atoms with Crippen molar-refractivity contribution >= 4 is 17.6 Å². The zero-order chi connectivity index (χ0) is 15.7. The first-order valence-electron chi connectivity index (χ1n) is 7.05. The van der Waals surface area contributed by atoms with Gasteiger partial charge in [0.15, 0.2) is 0 Å². The van der Waals surface area contributed by atoms with E-state index in [2.05, 4.69) is 0 Å². The normalized spacial score (nSPS) is 15.2. The molecule has 2 unspecified atom stereocenters. The zero-order valence-corrected chi connectivity index (χ0v) is 13.5. The second-order valence-corrected chi connectivity index (χ2v) is 5.05. The third-order valence-electron chi connectivity index (χ3n) is 3.37. The number of rotatable bonds is 9. The van der Waals surface area contributed by atoms with Crippen molar-refractivity contribution in [3.63, 3.8) is 0 Å². The molecular weight excluding hydrogens is 292 g/mol. The average molecular weight is 315 g/mol. The Morgan fingerprint density at radius 3 is 2.29 bits per heavy atom. The van der Waals surface area contributed by atoms with Crippen molar-refractivity contribution in [1.29, 1.82) is 0 Å². The van der Waals surface area contributed by atoms with Gasteiger partial charge < -0.3 is 14.2 Å². The minimum Gasteiger partial charge on any atom is -0.456 e. The summed E-state index contributed by atoms with van der Waals surface area (Å²) in [5.41, 5.74) is 0.525. The fourth-order valence-electron chi connectivity index (χ4n) is 2.23. The van der Waals surface area contributed by atoms with Crippen LogP contribution in [0.4, 0.5) is 0 Å². The maximum absolute atomic E-state index is 12.2. The van der Waals surface area contributed by atoms with Crippen LogP contribution in [0.3, 0.4) is 0 Å². The van der Waals surface area contributed by atoms with Crippen molar-refractivity contribution in [2.75, 3.05) is 20.1 Å². The summed E-state index contributed by atoms with van der Waals surface area (Å²) in [6.07, 6.45) is 0.345. The predicted molar refractivity (Wildman–Crippen MR) is 82.9 cm³/mol. The summed E-state index contributed by atoms with van der Waals surface area (Å²) in [5, 5.41) is 0. The van der Waals surface area contributed by atoms with Crippen LogP contribution in [0, 0.1) is 0 Å². The van der Waals surface area contributed by atoms with E-state index in [1.807, 2.05) is 13.0 Å². The first-order valence-corrected chi connectivity index (χ1v) is 7.58. The van der Waals surface area contributed by atoms with Gasteiger partial charge in [-0.25, -0.2) is 4.79 Å². The van der Waals surface area contributed by atoms with Gasteiger partial charge in [-0.1, -0.05) is 25.1 Å². The summed E-state index contributed by atoms with van der Waals surface area (Å²) in [6.45, 7) is 1.95. The molecule has 1 aromatic carbocycles. The Labute approximate surface area is 131 Å². The molecule has 0 saturated heterocycles. The van der Waals surface area contributed by atoms with Crippen molar-refractivity contribution in [2.24, 2.45) is 0 Å². The molecule has 0 spiro atoms. The number of methoxy groups -OCH3 is 2. The summed E-state index contributed by atoms with van der Waals surface area (Å²) >= 11 is 5.78. The maximum Gasteiger partial charge on any atom is 0.338 e. The van der Waals surface area contributed by atoms with Gasteiger partial charge in [-0.2, -0.15) is 0 Å². The molecule has 21 heavy (non-hydrogen) atoms. The number of carbonyl (C=O) groups excluding carboxylic acids is 1. The van der Waals surface area contributed by atoms with Gasteiger partial charge in [-0.15, -0.1) is 11.6 Å². The first kappa shape index (κ1) is 18.0. The Balaban J connectivity index is 2.77. The molecule has 118 valence electrons. The lowest BCUT2D eigenvalue weighted by atomic mass is 10.0. The highest BCUT2D eigenvalue weighted by Crippen LogP contribution is 2.18. The first-order chi connectivity index (χ1) is 10.2. The van der Waals surface area contributed by atoms with E-state index in [4.69, 9.17) is 25.8 Å². The third kappa shape index (κ3) is 5.30. The van der Waals surface area contributed by atoms with Gasteiger partial charge >= 0.3 is 5.97 Å². The van der Waals surface area contributed by atoms with Crippen molar-refractivity contribution in [2.45, 2.75) is 38.1 Å². The minimum atomic E-state index is -0.379. The van der Waals surface area contributed by atoms with Crippen LogP contribution in [0.25, 0.3) is 0 Å². The molecule has 0 radical (unpaired) electrons. The maximum atomic E-state index is 12.2. The van der Waals surface area contributed by atoms with Crippen LogP contribution in [-0.2, 0) is 14.2 Å². The van der Waals surface area contributed by atoms with Crippen molar-refractivity contribution in [3.8, 4) is 0 Å². The van der Waals surface area contributed by atoms with E-state index in [0.29, 0.717) is 24.3 Å². The van der Waals surface area contributed by atoms with Crippen LogP contribution in [-0.4, -0.2) is 44.4 Å². The van der Waals surface area contributed by atoms with E-state index >= 15 is 0 Å². The molecule has 0 bridgehead atoms. The summed E-state index contributed by atoms with van der Waals surface area (Å²) in [4.78, 5) is 12.2. The molecule has 1 aromatic rings. The number of esters is 1. The summed E-state index contributed by atoms with van der Waals surface area (Å²) in [5.74, 6) is 0.103. The van der Waals surface area contributed by atoms with Gasteiger partial charge in [0.25, 0.3) is 0 Å². The van der Waals surface area contributed by atoms with Crippen molar-refractivity contribution < 1.29 is 19.0 Å². The molecule has 0 aromatic heterocycles.